The molecule has 1 aliphatic rings. The van der Waals surface area contributed by atoms with Crippen molar-refractivity contribution in [3.63, 3.8) is 0 Å². The molecule has 2 atom stereocenters. The monoisotopic (exact) mass is 656 g/mol. The van der Waals surface area contributed by atoms with Gasteiger partial charge in [0.05, 0.1) is 44.6 Å². The Balaban J connectivity index is 1.52. The van der Waals surface area contributed by atoms with Gasteiger partial charge in [0.2, 0.25) is 0 Å². The first-order chi connectivity index (χ1) is 22.5. The molecule has 0 saturated carbocycles. The fraction of sp³-hybridized carbons (Fsp3) is 0.711. The van der Waals surface area contributed by atoms with Crippen LogP contribution in [0.5, 0.6) is 11.6 Å². The number of ether oxygens (including phenoxy) is 3. The number of esters is 1. The maximum absolute atomic E-state index is 13.3. The lowest BCUT2D eigenvalue weighted by atomic mass is 10.0. The number of unbranched alkanes of at least 4 members (excludes halogenated alkanes) is 15. The van der Waals surface area contributed by atoms with Gasteiger partial charge in [0.15, 0.2) is 0 Å². The van der Waals surface area contributed by atoms with Crippen molar-refractivity contribution in [1.82, 2.24) is 8.75 Å². The lowest BCUT2D eigenvalue weighted by Gasteiger charge is -2.42. The number of aromatic nitrogens is 2. The molecular formula is C38H62N3O4S+. The number of carbonyl (C=O) groups excluding carboxylic acids is 1. The standard InChI is InChI=1S/C38H62N3O4S/c1-5-7-9-11-12-13-14-15-16-17-18-19-20-24-35(42)45-38(32-25-27-34(43-4)28-26-32)41(3)29-22-23-33(31-41)36-37(40-46-39-36)44-30-21-10-8-6-2/h23,25-28,38H,5-22,24,29-31H2,1-4H3/q+1. The summed E-state index contributed by atoms with van der Waals surface area (Å²) in [5.41, 5.74) is 2.92. The van der Waals surface area contributed by atoms with Gasteiger partial charge in [0.1, 0.15) is 18.0 Å². The van der Waals surface area contributed by atoms with E-state index in [2.05, 4.69) is 35.7 Å². The highest BCUT2D eigenvalue weighted by molar-refractivity contribution is 6.99. The molecule has 46 heavy (non-hydrogen) atoms. The number of rotatable bonds is 25. The van der Waals surface area contributed by atoms with Gasteiger partial charge in [0.25, 0.3) is 12.1 Å². The lowest BCUT2D eigenvalue weighted by molar-refractivity contribution is -0.953. The van der Waals surface area contributed by atoms with Crippen LogP contribution in [0.1, 0.15) is 153 Å². The van der Waals surface area contributed by atoms with Crippen molar-refractivity contribution in [1.29, 1.82) is 0 Å². The summed E-state index contributed by atoms with van der Waals surface area (Å²) in [5.74, 6) is 1.30. The van der Waals surface area contributed by atoms with E-state index in [9.17, 15) is 4.79 Å². The van der Waals surface area contributed by atoms with Crippen molar-refractivity contribution in [3.05, 3.63) is 41.6 Å². The van der Waals surface area contributed by atoms with E-state index in [0.717, 1.165) is 61.2 Å². The molecule has 0 aliphatic carbocycles. The summed E-state index contributed by atoms with van der Waals surface area (Å²) >= 11 is 1.20. The molecule has 3 rings (SSSR count). The number of carbonyl (C=O) groups is 1. The summed E-state index contributed by atoms with van der Waals surface area (Å²) < 4.78 is 27.5. The molecule has 8 heteroatoms. The van der Waals surface area contributed by atoms with E-state index in [1.807, 2.05) is 24.3 Å². The van der Waals surface area contributed by atoms with Crippen LogP contribution < -0.4 is 9.47 Å². The van der Waals surface area contributed by atoms with E-state index < -0.39 is 6.23 Å². The minimum absolute atomic E-state index is 0.120. The summed E-state index contributed by atoms with van der Waals surface area (Å²) in [4.78, 5) is 13.3. The smallest absolute Gasteiger partial charge is 0.310 e. The predicted molar refractivity (Wildman–Crippen MR) is 190 cm³/mol. The van der Waals surface area contributed by atoms with Crippen LogP contribution in [0.15, 0.2) is 30.3 Å². The molecule has 2 unspecified atom stereocenters. The van der Waals surface area contributed by atoms with Crippen molar-refractivity contribution in [2.75, 3.05) is 33.9 Å². The van der Waals surface area contributed by atoms with Crippen molar-refractivity contribution < 1.29 is 23.5 Å². The molecule has 1 aliphatic heterocycles. The van der Waals surface area contributed by atoms with Gasteiger partial charge in [-0.25, -0.2) is 0 Å². The van der Waals surface area contributed by atoms with Crippen LogP contribution in [0, 0.1) is 0 Å². The van der Waals surface area contributed by atoms with Crippen molar-refractivity contribution in [3.8, 4) is 11.6 Å². The van der Waals surface area contributed by atoms with Crippen LogP contribution in [0.3, 0.4) is 0 Å². The normalized spacial score (nSPS) is 17.0. The number of hydrogen-bond donors (Lipinski definition) is 0. The third-order valence-electron chi connectivity index (χ3n) is 9.26. The average molecular weight is 657 g/mol. The number of hydrogen-bond acceptors (Lipinski definition) is 7. The van der Waals surface area contributed by atoms with Crippen LogP contribution in [0.2, 0.25) is 0 Å². The molecule has 0 bridgehead atoms. The first kappa shape index (κ1) is 38.0. The van der Waals surface area contributed by atoms with Gasteiger partial charge in [-0.2, -0.15) is 4.37 Å². The van der Waals surface area contributed by atoms with Crippen LogP contribution >= 0.6 is 11.7 Å². The Bertz CT molecular complexity index is 1140. The number of benzene rings is 1. The van der Waals surface area contributed by atoms with Gasteiger partial charge in [-0.1, -0.05) is 116 Å². The molecular weight excluding hydrogens is 595 g/mol. The maximum atomic E-state index is 13.3. The number of quaternary nitrogens is 1. The molecule has 0 saturated heterocycles. The van der Waals surface area contributed by atoms with Gasteiger partial charge < -0.3 is 14.2 Å². The third-order valence-corrected chi connectivity index (χ3v) is 9.77. The molecule has 0 N–H and O–H groups in total. The second-order valence-corrected chi connectivity index (χ2v) is 13.8. The first-order valence-electron chi connectivity index (χ1n) is 18.3. The quantitative estimate of drug-likeness (QED) is 0.0602. The topological polar surface area (TPSA) is 70.5 Å². The predicted octanol–water partition coefficient (Wildman–Crippen LogP) is 10.5. The average Bonchev–Trinajstić information content (AvgIpc) is 3.54. The number of methoxy groups -OCH3 is 1. The minimum Gasteiger partial charge on any atom is -0.497 e. The minimum atomic E-state index is -0.422. The maximum Gasteiger partial charge on any atom is 0.310 e. The molecule has 2 heterocycles. The molecule has 0 radical (unpaired) electrons. The Labute approximate surface area is 284 Å². The van der Waals surface area contributed by atoms with E-state index in [1.54, 1.807) is 7.11 Å². The number of nitrogens with zero attached hydrogens (tertiary/aromatic N) is 3. The lowest BCUT2D eigenvalue weighted by Crippen LogP contribution is -2.51. The molecule has 1 aromatic heterocycles. The van der Waals surface area contributed by atoms with Crippen LogP contribution in [-0.2, 0) is 9.53 Å². The van der Waals surface area contributed by atoms with Gasteiger partial charge in [-0.15, -0.1) is 4.37 Å². The highest BCUT2D eigenvalue weighted by Gasteiger charge is 2.40. The van der Waals surface area contributed by atoms with E-state index in [-0.39, 0.29) is 5.97 Å². The Morgan fingerprint density at radius 2 is 1.41 bits per heavy atom. The van der Waals surface area contributed by atoms with Crippen molar-refractivity contribution in [2.24, 2.45) is 0 Å². The van der Waals surface area contributed by atoms with Crippen molar-refractivity contribution >= 4 is 23.3 Å². The largest absolute Gasteiger partial charge is 0.497 e. The Hall–Kier alpha value is -2.45. The summed E-state index contributed by atoms with van der Waals surface area (Å²) in [6.07, 6.45) is 24.5. The second-order valence-electron chi connectivity index (χ2n) is 13.3. The Morgan fingerprint density at radius 1 is 0.826 bits per heavy atom. The summed E-state index contributed by atoms with van der Waals surface area (Å²) in [7, 11) is 3.86. The molecule has 0 amide bonds. The van der Waals surface area contributed by atoms with Crippen LogP contribution in [0.25, 0.3) is 5.57 Å². The van der Waals surface area contributed by atoms with Crippen molar-refractivity contribution in [2.45, 2.75) is 142 Å². The highest BCUT2D eigenvalue weighted by atomic mass is 32.1. The molecule has 258 valence electrons. The van der Waals surface area contributed by atoms with E-state index >= 15 is 0 Å². The Morgan fingerprint density at radius 3 is 2.02 bits per heavy atom. The van der Waals surface area contributed by atoms with E-state index in [0.29, 0.717) is 29.9 Å². The van der Waals surface area contributed by atoms with E-state index in [4.69, 9.17) is 14.2 Å². The zero-order valence-electron chi connectivity index (χ0n) is 29.4. The molecule has 2 aromatic rings. The SMILES string of the molecule is CCCCCCCCCCCCCCCC(=O)OC(c1ccc(OC)cc1)[N+]1(C)CCC=C(c2nsnc2OCCCCCC)C1. The number of likely N-dealkylation sites (N-methyl/N-ethyl adjacent to an activating group) is 1. The first-order valence-corrected chi connectivity index (χ1v) is 19.1. The summed E-state index contributed by atoms with van der Waals surface area (Å²) in [5, 5.41) is 0. The van der Waals surface area contributed by atoms with Gasteiger partial charge in [-0.05, 0) is 37.1 Å². The summed E-state index contributed by atoms with van der Waals surface area (Å²) in [6, 6.07) is 7.95. The van der Waals surface area contributed by atoms with Crippen LogP contribution in [-0.4, -0.2) is 53.1 Å². The highest BCUT2D eigenvalue weighted by Crippen LogP contribution is 2.37. The Kier molecular flexibility index (Phi) is 18.3. The van der Waals surface area contributed by atoms with Gasteiger partial charge >= 0.3 is 5.97 Å². The molecule has 0 spiro atoms. The fourth-order valence-electron chi connectivity index (χ4n) is 6.40. The van der Waals surface area contributed by atoms with Gasteiger partial charge in [-0.3, -0.25) is 9.28 Å². The fourth-order valence-corrected chi connectivity index (χ4v) is 6.93. The molecule has 0 fully saturated rings. The van der Waals surface area contributed by atoms with Gasteiger partial charge in [0, 0.05) is 18.4 Å². The second kappa shape index (κ2) is 22.2. The molecule has 1 aromatic carbocycles. The van der Waals surface area contributed by atoms with Crippen LogP contribution in [0.4, 0.5) is 0 Å². The summed E-state index contributed by atoms with van der Waals surface area (Å²) in [6.45, 7) is 6.68. The zero-order valence-corrected chi connectivity index (χ0v) is 30.2. The third kappa shape index (κ3) is 13.3. The molecule has 7 nitrogen and oxygen atoms in total. The van der Waals surface area contributed by atoms with E-state index in [1.165, 1.54) is 95.2 Å². The zero-order chi connectivity index (χ0) is 32.9.